The lowest BCUT2D eigenvalue weighted by atomic mass is 9.96. The van der Waals surface area contributed by atoms with Crippen molar-refractivity contribution in [1.29, 1.82) is 0 Å². The van der Waals surface area contributed by atoms with Crippen LogP contribution in [0.5, 0.6) is 0 Å². The van der Waals surface area contributed by atoms with Crippen molar-refractivity contribution in [3.63, 3.8) is 0 Å². The third-order valence-corrected chi connectivity index (χ3v) is 3.92. The summed E-state index contributed by atoms with van der Waals surface area (Å²) in [5, 5.41) is 0. The molecule has 5 nitrogen and oxygen atoms in total. The third kappa shape index (κ3) is 3.35. The van der Waals surface area contributed by atoms with Gasteiger partial charge in [-0.15, -0.1) is 0 Å². The molecule has 2 fully saturated rings. The Morgan fingerprint density at radius 3 is 2.48 bits per heavy atom. The number of benzene rings is 1. The van der Waals surface area contributed by atoms with Crippen LogP contribution in [0.1, 0.15) is 43.8 Å². The lowest BCUT2D eigenvalue weighted by Crippen LogP contribution is -2.27. The number of fused-ring (bicyclic) bond motifs is 1. The number of carbonyl (C=O) groups excluding carboxylic acids is 2. The first-order chi connectivity index (χ1) is 10.2. The first kappa shape index (κ1) is 13.9. The molecular weight excluding hydrogens is 272 g/mol. The van der Waals surface area contributed by atoms with Crippen molar-refractivity contribution >= 4 is 12.1 Å². The Kier molecular flexibility index (Phi) is 4.08. The van der Waals surface area contributed by atoms with Crippen molar-refractivity contribution in [2.45, 2.75) is 50.4 Å². The number of hydrogen-bond acceptors (Lipinski definition) is 5. The van der Waals surface area contributed by atoms with E-state index in [1.54, 1.807) is 0 Å². The summed E-state index contributed by atoms with van der Waals surface area (Å²) in [4.78, 5) is 23.2. The van der Waals surface area contributed by atoms with Crippen LogP contribution in [0.2, 0.25) is 0 Å². The summed E-state index contributed by atoms with van der Waals surface area (Å²) < 4.78 is 16.0. The second kappa shape index (κ2) is 6.16. The van der Waals surface area contributed by atoms with Gasteiger partial charge in [-0.1, -0.05) is 30.3 Å². The van der Waals surface area contributed by atoms with E-state index >= 15 is 0 Å². The number of ether oxygens (including phenoxy) is 3. The van der Waals surface area contributed by atoms with Crippen molar-refractivity contribution in [3.8, 4) is 0 Å². The third-order valence-electron chi connectivity index (χ3n) is 3.92. The van der Waals surface area contributed by atoms with Crippen molar-refractivity contribution < 1.29 is 23.8 Å². The second-order valence-electron chi connectivity index (χ2n) is 5.43. The fraction of sp³-hybridized carbons (Fsp3) is 0.500. The molecule has 2 heterocycles. The Bertz CT molecular complexity index is 513. The zero-order valence-corrected chi connectivity index (χ0v) is 11.7. The van der Waals surface area contributed by atoms with Gasteiger partial charge in [-0.2, -0.15) is 0 Å². The van der Waals surface area contributed by atoms with Gasteiger partial charge in [0.15, 0.2) is 0 Å². The molecule has 0 amide bonds. The molecule has 0 saturated carbocycles. The normalized spacial score (nSPS) is 29.8. The Hall–Kier alpha value is -2.04. The molecule has 0 aliphatic carbocycles. The van der Waals surface area contributed by atoms with Crippen LogP contribution in [-0.4, -0.2) is 24.3 Å². The van der Waals surface area contributed by atoms with E-state index in [0.717, 1.165) is 24.8 Å². The molecule has 3 rings (SSSR count). The largest absolute Gasteiger partial charge is 0.509 e. The molecule has 1 aromatic rings. The predicted molar refractivity (Wildman–Crippen MR) is 73.5 cm³/mol. The highest BCUT2D eigenvalue weighted by Gasteiger charge is 2.39. The summed E-state index contributed by atoms with van der Waals surface area (Å²) in [5.41, 5.74) is 0.910. The second-order valence-corrected chi connectivity index (χ2v) is 5.43. The first-order valence-electron chi connectivity index (χ1n) is 7.34. The number of carbonyl (C=O) groups is 2. The highest BCUT2D eigenvalue weighted by Crippen LogP contribution is 2.32. The van der Waals surface area contributed by atoms with Crippen molar-refractivity contribution in [2.24, 2.45) is 0 Å². The lowest BCUT2D eigenvalue weighted by Gasteiger charge is -2.24. The molecule has 2 aliphatic heterocycles. The monoisotopic (exact) mass is 290 g/mol. The smallest absolute Gasteiger partial charge is 0.457 e. The van der Waals surface area contributed by atoms with E-state index in [9.17, 15) is 9.59 Å². The zero-order valence-electron chi connectivity index (χ0n) is 11.7. The maximum atomic E-state index is 11.9. The van der Waals surface area contributed by atoms with E-state index in [2.05, 4.69) is 0 Å². The summed E-state index contributed by atoms with van der Waals surface area (Å²) in [6.07, 6.45) is 1.51. The van der Waals surface area contributed by atoms with E-state index < -0.39 is 12.3 Å². The molecule has 2 aliphatic rings. The molecule has 112 valence electrons. The van der Waals surface area contributed by atoms with Gasteiger partial charge in [-0.3, -0.25) is 4.79 Å². The predicted octanol–water partition coefficient (Wildman–Crippen LogP) is 3.14. The summed E-state index contributed by atoms with van der Waals surface area (Å²) in [6, 6.07) is 9.53. The Morgan fingerprint density at radius 1 is 0.905 bits per heavy atom. The maximum Gasteiger partial charge on any atom is 0.509 e. The van der Waals surface area contributed by atoms with Crippen molar-refractivity contribution in [1.82, 2.24) is 0 Å². The average molecular weight is 290 g/mol. The van der Waals surface area contributed by atoms with Gasteiger partial charge in [0.25, 0.3) is 0 Å². The molecular formula is C16H18O5. The van der Waals surface area contributed by atoms with Crippen LogP contribution in [-0.2, 0) is 19.0 Å². The topological polar surface area (TPSA) is 61.8 Å². The van der Waals surface area contributed by atoms with Crippen molar-refractivity contribution in [3.05, 3.63) is 35.9 Å². The van der Waals surface area contributed by atoms with Gasteiger partial charge >= 0.3 is 12.1 Å². The van der Waals surface area contributed by atoms with Gasteiger partial charge < -0.3 is 14.2 Å². The van der Waals surface area contributed by atoms with Crippen LogP contribution < -0.4 is 0 Å². The summed E-state index contributed by atoms with van der Waals surface area (Å²) in [5.74, 6) is -0.201. The Labute approximate surface area is 123 Å². The molecule has 0 radical (unpaired) electrons. The lowest BCUT2D eigenvalue weighted by molar-refractivity contribution is -0.151. The van der Waals surface area contributed by atoms with Crippen LogP contribution in [0.3, 0.4) is 0 Å². The minimum atomic E-state index is -0.623. The van der Waals surface area contributed by atoms with E-state index in [1.807, 2.05) is 30.3 Å². The van der Waals surface area contributed by atoms with E-state index in [0.29, 0.717) is 12.8 Å². The fourth-order valence-electron chi connectivity index (χ4n) is 2.83. The van der Waals surface area contributed by atoms with Crippen LogP contribution in [0.15, 0.2) is 30.3 Å². The summed E-state index contributed by atoms with van der Waals surface area (Å²) in [6.45, 7) is 0. The molecule has 0 spiro atoms. The summed E-state index contributed by atoms with van der Waals surface area (Å²) in [7, 11) is 0. The van der Waals surface area contributed by atoms with Crippen LogP contribution in [0, 0.1) is 0 Å². The van der Waals surface area contributed by atoms with Crippen LogP contribution in [0.4, 0.5) is 4.79 Å². The number of hydrogen-bond donors (Lipinski definition) is 0. The standard InChI is InChI=1S/C16H18O5/c17-15-9-5-4-8-12-14(21-16(18)20-12)10-13(19-15)11-6-2-1-3-7-11/h1-3,6-7,12-14H,4-5,8-10H2/t12-,13-,14-/m1/s1. The number of cyclic esters (lactones) is 1. The minimum Gasteiger partial charge on any atom is -0.457 e. The van der Waals surface area contributed by atoms with Gasteiger partial charge in [0.05, 0.1) is 0 Å². The molecule has 3 atom stereocenters. The van der Waals surface area contributed by atoms with E-state index in [4.69, 9.17) is 14.2 Å². The maximum absolute atomic E-state index is 11.9. The molecule has 0 N–H and O–H groups in total. The first-order valence-corrected chi connectivity index (χ1v) is 7.34. The van der Waals surface area contributed by atoms with Crippen LogP contribution in [0.25, 0.3) is 0 Å². The van der Waals surface area contributed by atoms with Crippen LogP contribution >= 0.6 is 0 Å². The van der Waals surface area contributed by atoms with Gasteiger partial charge in [-0.05, 0) is 24.8 Å². The zero-order chi connectivity index (χ0) is 14.7. The van der Waals surface area contributed by atoms with Crippen molar-refractivity contribution in [2.75, 3.05) is 0 Å². The van der Waals surface area contributed by atoms with Gasteiger partial charge in [0.1, 0.15) is 18.3 Å². The number of esters is 1. The molecule has 0 aromatic heterocycles. The van der Waals surface area contributed by atoms with E-state index in [-0.39, 0.29) is 18.2 Å². The fourth-order valence-corrected chi connectivity index (χ4v) is 2.83. The Morgan fingerprint density at radius 2 is 1.67 bits per heavy atom. The molecule has 5 heteroatoms. The highest BCUT2D eigenvalue weighted by atomic mass is 16.8. The molecule has 0 bridgehead atoms. The minimum absolute atomic E-state index is 0.201. The van der Waals surface area contributed by atoms with E-state index in [1.165, 1.54) is 0 Å². The quantitative estimate of drug-likeness (QED) is 0.743. The average Bonchev–Trinajstić information content (AvgIpc) is 2.84. The molecule has 1 aromatic carbocycles. The molecule has 21 heavy (non-hydrogen) atoms. The number of rotatable bonds is 1. The SMILES string of the molecule is O=C1CCCC[C@H]2OC(=O)O[C@@H]2C[C@H](c2ccccc2)O1. The van der Waals surface area contributed by atoms with Gasteiger partial charge in [0.2, 0.25) is 0 Å². The summed E-state index contributed by atoms with van der Waals surface area (Å²) >= 11 is 0. The highest BCUT2D eigenvalue weighted by molar-refractivity contribution is 5.69. The van der Waals surface area contributed by atoms with Gasteiger partial charge in [-0.25, -0.2) is 4.79 Å². The van der Waals surface area contributed by atoms with Gasteiger partial charge in [0, 0.05) is 12.8 Å². The molecule has 0 unspecified atom stereocenters. The molecule has 2 saturated heterocycles. The Balaban J connectivity index is 1.81.